The predicted molar refractivity (Wildman–Crippen MR) is 92.0 cm³/mol. The first-order valence-electron chi connectivity index (χ1n) is 7.44. The summed E-state index contributed by atoms with van der Waals surface area (Å²) in [5, 5.41) is 5.57. The number of hydrogen-bond acceptors (Lipinski definition) is 3. The standard InChI is InChI=1S/C18H14FN3O3/c1-10(23)21-12-3-5-13(6-4-12)22-18(25)17(24)15-9-20-16-8-11(19)2-7-14(15)16/h2-9,20H,1H3,(H,21,23)(H,22,25). The minimum atomic E-state index is -0.808. The molecule has 0 aliphatic heterocycles. The molecule has 0 saturated carbocycles. The summed E-state index contributed by atoms with van der Waals surface area (Å²) in [5.41, 5.74) is 1.60. The number of Topliss-reactive ketones (excluding diaryl/α,β-unsaturated/α-hetero) is 1. The first-order chi connectivity index (χ1) is 11.9. The molecule has 1 heterocycles. The van der Waals surface area contributed by atoms with Crippen LogP contribution in [0.2, 0.25) is 0 Å². The molecule has 3 aromatic rings. The molecule has 2 amide bonds. The van der Waals surface area contributed by atoms with Crippen molar-refractivity contribution in [3.8, 4) is 0 Å². The molecule has 0 spiro atoms. The Bertz CT molecular complexity index is 977. The first kappa shape index (κ1) is 16.4. The lowest BCUT2D eigenvalue weighted by atomic mass is 10.1. The van der Waals surface area contributed by atoms with Gasteiger partial charge in [-0.3, -0.25) is 14.4 Å². The van der Waals surface area contributed by atoms with Crippen LogP contribution in [-0.4, -0.2) is 22.6 Å². The van der Waals surface area contributed by atoms with Crippen molar-refractivity contribution in [1.82, 2.24) is 4.98 Å². The number of nitrogens with one attached hydrogen (secondary N) is 3. The normalized spacial score (nSPS) is 10.5. The van der Waals surface area contributed by atoms with Gasteiger partial charge in [-0.25, -0.2) is 4.39 Å². The maximum atomic E-state index is 13.2. The second-order valence-electron chi connectivity index (χ2n) is 5.43. The average molecular weight is 339 g/mol. The molecule has 1 aromatic heterocycles. The highest BCUT2D eigenvalue weighted by Gasteiger charge is 2.20. The molecule has 25 heavy (non-hydrogen) atoms. The number of ketones is 1. The van der Waals surface area contributed by atoms with Gasteiger partial charge in [0.2, 0.25) is 5.91 Å². The van der Waals surface area contributed by atoms with Crippen LogP contribution in [0.1, 0.15) is 17.3 Å². The third-order valence-electron chi connectivity index (χ3n) is 3.56. The van der Waals surface area contributed by atoms with E-state index in [1.165, 1.54) is 31.3 Å². The minimum Gasteiger partial charge on any atom is -0.360 e. The fourth-order valence-electron chi connectivity index (χ4n) is 2.44. The quantitative estimate of drug-likeness (QED) is 0.504. The zero-order valence-corrected chi connectivity index (χ0v) is 13.2. The maximum Gasteiger partial charge on any atom is 0.296 e. The van der Waals surface area contributed by atoms with Crippen molar-refractivity contribution in [3.05, 3.63) is 60.0 Å². The monoisotopic (exact) mass is 339 g/mol. The van der Waals surface area contributed by atoms with Gasteiger partial charge in [-0.05, 0) is 42.5 Å². The van der Waals surface area contributed by atoms with E-state index < -0.39 is 17.5 Å². The summed E-state index contributed by atoms with van der Waals surface area (Å²) in [4.78, 5) is 38.3. The van der Waals surface area contributed by atoms with E-state index in [2.05, 4.69) is 15.6 Å². The van der Waals surface area contributed by atoms with Crippen LogP contribution in [0.5, 0.6) is 0 Å². The summed E-state index contributed by atoms with van der Waals surface area (Å²) in [6.45, 7) is 1.39. The van der Waals surface area contributed by atoms with Gasteiger partial charge in [-0.1, -0.05) is 0 Å². The second kappa shape index (κ2) is 6.56. The third kappa shape index (κ3) is 3.55. The van der Waals surface area contributed by atoms with E-state index in [4.69, 9.17) is 0 Å². The van der Waals surface area contributed by atoms with Crippen LogP contribution in [0, 0.1) is 5.82 Å². The fourth-order valence-corrected chi connectivity index (χ4v) is 2.44. The van der Waals surface area contributed by atoms with Crippen LogP contribution in [0.15, 0.2) is 48.7 Å². The van der Waals surface area contributed by atoms with Crippen LogP contribution < -0.4 is 10.6 Å². The number of carbonyl (C=O) groups is 3. The number of fused-ring (bicyclic) bond motifs is 1. The van der Waals surface area contributed by atoms with Gasteiger partial charge in [0.1, 0.15) is 5.82 Å². The molecule has 2 aromatic carbocycles. The Morgan fingerprint density at radius 3 is 2.24 bits per heavy atom. The molecule has 0 saturated heterocycles. The van der Waals surface area contributed by atoms with E-state index >= 15 is 0 Å². The number of benzene rings is 2. The summed E-state index contributed by atoms with van der Waals surface area (Å²) in [6.07, 6.45) is 1.38. The van der Waals surface area contributed by atoms with Crippen molar-refractivity contribution in [2.45, 2.75) is 6.92 Å². The number of halogens is 1. The Hall–Kier alpha value is -3.48. The average Bonchev–Trinajstić information content (AvgIpc) is 2.98. The molecular formula is C18H14FN3O3. The second-order valence-corrected chi connectivity index (χ2v) is 5.43. The predicted octanol–water partition coefficient (Wildman–Crippen LogP) is 3.09. The number of H-pyrrole nitrogens is 1. The van der Waals surface area contributed by atoms with Crippen LogP contribution in [0.4, 0.5) is 15.8 Å². The highest BCUT2D eigenvalue weighted by molar-refractivity contribution is 6.48. The van der Waals surface area contributed by atoms with Crippen LogP contribution >= 0.6 is 0 Å². The topological polar surface area (TPSA) is 91.1 Å². The summed E-state index contributed by atoms with van der Waals surface area (Å²) in [7, 11) is 0. The van der Waals surface area contributed by atoms with Gasteiger partial charge in [-0.2, -0.15) is 0 Å². The molecule has 0 bridgehead atoms. The molecule has 6 nitrogen and oxygen atoms in total. The molecule has 126 valence electrons. The van der Waals surface area contributed by atoms with E-state index in [1.807, 2.05) is 0 Å². The van der Waals surface area contributed by atoms with E-state index in [1.54, 1.807) is 24.3 Å². The number of anilines is 2. The van der Waals surface area contributed by atoms with Crippen LogP contribution in [-0.2, 0) is 9.59 Å². The third-order valence-corrected chi connectivity index (χ3v) is 3.56. The number of aromatic nitrogens is 1. The lowest BCUT2D eigenvalue weighted by molar-refractivity contribution is -0.114. The summed E-state index contributed by atoms with van der Waals surface area (Å²) in [5.74, 6) is -2.18. The first-order valence-corrected chi connectivity index (χ1v) is 7.44. The Labute approximate surface area is 142 Å². The Balaban J connectivity index is 1.76. The van der Waals surface area contributed by atoms with Gasteiger partial charge < -0.3 is 15.6 Å². The summed E-state index contributed by atoms with van der Waals surface area (Å²) < 4.78 is 13.2. The highest BCUT2D eigenvalue weighted by atomic mass is 19.1. The van der Waals surface area contributed by atoms with Gasteiger partial charge in [0.25, 0.3) is 11.7 Å². The molecule has 0 radical (unpaired) electrons. The van der Waals surface area contributed by atoms with Gasteiger partial charge in [0.05, 0.1) is 5.56 Å². The Kier molecular flexibility index (Phi) is 4.30. The van der Waals surface area contributed by atoms with Gasteiger partial charge in [0.15, 0.2) is 0 Å². The number of hydrogen-bond donors (Lipinski definition) is 3. The van der Waals surface area contributed by atoms with Crippen molar-refractivity contribution >= 4 is 39.9 Å². The molecule has 0 aliphatic carbocycles. The Morgan fingerprint density at radius 2 is 1.60 bits per heavy atom. The van der Waals surface area contributed by atoms with Gasteiger partial charge >= 0.3 is 0 Å². The summed E-state index contributed by atoms with van der Waals surface area (Å²) >= 11 is 0. The van der Waals surface area contributed by atoms with Crippen molar-refractivity contribution in [1.29, 1.82) is 0 Å². The lowest BCUT2D eigenvalue weighted by Gasteiger charge is -2.06. The van der Waals surface area contributed by atoms with Gasteiger partial charge in [-0.15, -0.1) is 0 Å². The van der Waals surface area contributed by atoms with E-state index in [0.29, 0.717) is 22.3 Å². The van der Waals surface area contributed by atoms with Crippen LogP contribution in [0.25, 0.3) is 10.9 Å². The zero-order chi connectivity index (χ0) is 18.0. The number of aromatic amines is 1. The summed E-state index contributed by atoms with van der Waals surface area (Å²) in [6, 6.07) is 10.3. The lowest BCUT2D eigenvalue weighted by Crippen LogP contribution is -2.22. The van der Waals surface area contributed by atoms with Crippen molar-refractivity contribution in [2.75, 3.05) is 10.6 Å². The number of rotatable bonds is 4. The molecule has 0 aliphatic rings. The molecule has 0 atom stereocenters. The number of carbonyl (C=O) groups excluding carboxylic acids is 3. The van der Waals surface area contributed by atoms with Gasteiger partial charge in [0, 0.05) is 35.4 Å². The number of amides is 2. The van der Waals surface area contributed by atoms with E-state index in [-0.39, 0.29) is 11.5 Å². The largest absolute Gasteiger partial charge is 0.360 e. The molecule has 7 heteroatoms. The van der Waals surface area contributed by atoms with Crippen LogP contribution in [0.3, 0.4) is 0 Å². The van der Waals surface area contributed by atoms with Crippen molar-refractivity contribution in [2.24, 2.45) is 0 Å². The zero-order valence-electron chi connectivity index (χ0n) is 13.2. The van der Waals surface area contributed by atoms with Crippen molar-refractivity contribution in [3.63, 3.8) is 0 Å². The fraction of sp³-hybridized carbons (Fsp3) is 0.0556. The van der Waals surface area contributed by atoms with Crippen molar-refractivity contribution < 1.29 is 18.8 Å². The highest BCUT2D eigenvalue weighted by Crippen LogP contribution is 2.20. The molecular weight excluding hydrogens is 325 g/mol. The molecule has 0 unspecified atom stereocenters. The Morgan fingerprint density at radius 1 is 0.960 bits per heavy atom. The smallest absolute Gasteiger partial charge is 0.296 e. The maximum absolute atomic E-state index is 13.2. The minimum absolute atomic E-state index is 0.169. The molecule has 3 N–H and O–H groups in total. The molecule has 0 fully saturated rings. The van der Waals surface area contributed by atoms with E-state index in [0.717, 1.165) is 0 Å². The SMILES string of the molecule is CC(=O)Nc1ccc(NC(=O)C(=O)c2c[nH]c3cc(F)ccc23)cc1. The molecule has 3 rings (SSSR count). The van der Waals surface area contributed by atoms with E-state index in [9.17, 15) is 18.8 Å².